The van der Waals surface area contributed by atoms with Crippen LogP contribution in [0.25, 0.3) is 6.08 Å². The highest BCUT2D eigenvalue weighted by Crippen LogP contribution is 2.30. The molecule has 0 bridgehead atoms. The molecule has 0 N–H and O–H groups in total. The van der Waals surface area contributed by atoms with Crippen molar-refractivity contribution in [1.29, 1.82) is 0 Å². The van der Waals surface area contributed by atoms with Gasteiger partial charge in [0.05, 0.1) is 11.5 Å². The molecule has 0 fully saturated rings. The van der Waals surface area contributed by atoms with Crippen molar-refractivity contribution >= 4 is 23.6 Å². The van der Waals surface area contributed by atoms with Gasteiger partial charge in [0, 0.05) is 17.7 Å². The molecule has 0 amide bonds. The summed E-state index contributed by atoms with van der Waals surface area (Å²) in [7, 11) is 0. The van der Waals surface area contributed by atoms with Crippen LogP contribution in [0.3, 0.4) is 0 Å². The molecule has 1 heterocycles. The van der Waals surface area contributed by atoms with Gasteiger partial charge in [-0.3, -0.25) is 10.1 Å². The molecule has 0 aromatic heterocycles. The van der Waals surface area contributed by atoms with Gasteiger partial charge in [-0.15, -0.1) is 0 Å². The molecule has 0 aliphatic carbocycles. The normalized spacial score (nSPS) is 14.3. The minimum absolute atomic E-state index is 0.0147. The maximum atomic E-state index is 12.2. The fourth-order valence-corrected chi connectivity index (χ4v) is 2.59. The molecule has 29 heavy (non-hydrogen) atoms. The van der Waals surface area contributed by atoms with Gasteiger partial charge in [-0.25, -0.2) is 9.79 Å². The summed E-state index contributed by atoms with van der Waals surface area (Å²) in [6.45, 7) is 6.25. The molecule has 2 aromatic carbocycles. The summed E-state index contributed by atoms with van der Waals surface area (Å²) < 4.78 is 16.3. The second-order valence-electron chi connectivity index (χ2n) is 5.88. The number of cyclic esters (lactones) is 1. The summed E-state index contributed by atoms with van der Waals surface area (Å²) >= 11 is 0. The van der Waals surface area contributed by atoms with Gasteiger partial charge in [-0.2, -0.15) is 0 Å². The van der Waals surface area contributed by atoms with Crippen molar-refractivity contribution in [3.8, 4) is 11.5 Å². The van der Waals surface area contributed by atoms with Crippen LogP contribution in [-0.2, 0) is 9.53 Å². The van der Waals surface area contributed by atoms with E-state index in [2.05, 4.69) is 11.6 Å². The second-order valence-corrected chi connectivity index (χ2v) is 5.88. The summed E-state index contributed by atoms with van der Waals surface area (Å²) in [6.07, 6.45) is 3.18. The van der Waals surface area contributed by atoms with E-state index >= 15 is 0 Å². The number of hydrogen-bond acceptors (Lipinski definition) is 7. The Hall–Kier alpha value is -3.94. The first-order chi connectivity index (χ1) is 14.0. The first-order valence-electron chi connectivity index (χ1n) is 8.79. The third kappa shape index (κ3) is 4.67. The van der Waals surface area contributed by atoms with E-state index in [1.165, 1.54) is 18.2 Å². The van der Waals surface area contributed by atoms with Crippen LogP contribution in [0.1, 0.15) is 18.1 Å². The van der Waals surface area contributed by atoms with Crippen LogP contribution in [0.5, 0.6) is 11.5 Å². The monoisotopic (exact) mass is 394 g/mol. The third-order valence-electron chi connectivity index (χ3n) is 3.85. The Morgan fingerprint density at radius 1 is 1.21 bits per heavy atom. The Balaban J connectivity index is 1.90. The van der Waals surface area contributed by atoms with E-state index in [9.17, 15) is 14.9 Å². The number of carbonyl (C=O) groups excluding carboxylic acids is 1. The van der Waals surface area contributed by atoms with E-state index in [-0.39, 0.29) is 17.3 Å². The zero-order valence-electron chi connectivity index (χ0n) is 15.7. The first kappa shape index (κ1) is 19.8. The Morgan fingerprint density at radius 2 is 2.03 bits per heavy atom. The average molecular weight is 394 g/mol. The Morgan fingerprint density at radius 3 is 2.76 bits per heavy atom. The zero-order chi connectivity index (χ0) is 20.8. The summed E-state index contributed by atoms with van der Waals surface area (Å²) in [5, 5.41) is 10.9. The molecular formula is C21H18N2O6. The van der Waals surface area contributed by atoms with E-state index < -0.39 is 10.9 Å². The molecule has 1 aliphatic rings. The molecule has 2 aromatic rings. The number of ether oxygens (including phenoxy) is 3. The number of non-ortho nitro benzene ring substituents is 1. The maximum absolute atomic E-state index is 12.2. The highest BCUT2D eigenvalue weighted by molar-refractivity contribution is 6.13. The molecule has 148 valence electrons. The predicted octanol–water partition coefficient (Wildman–Crippen LogP) is 3.90. The summed E-state index contributed by atoms with van der Waals surface area (Å²) in [5.41, 5.74) is 0.971. The van der Waals surface area contributed by atoms with Gasteiger partial charge in [0.25, 0.3) is 5.69 Å². The topological polar surface area (TPSA) is 100 Å². The van der Waals surface area contributed by atoms with Crippen LogP contribution in [-0.4, -0.2) is 30.0 Å². The summed E-state index contributed by atoms with van der Waals surface area (Å²) in [6, 6.07) is 10.9. The number of nitrogens with zero attached hydrogens (tertiary/aromatic N) is 2. The lowest BCUT2D eigenvalue weighted by Crippen LogP contribution is -2.05. The molecule has 1 aliphatic heterocycles. The SMILES string of the molecule is C=CCOc1ccc(C=C2N=C(c3cccc([N+](=O)[O-])c3)OC2=O)cc1OCC. The van der Waals surface area contributed by atoms with Crippen LogP contribution in [0, 0.1) is 10.1 Å². The largest absolute Gasteiger partial charge is 0.490 e. The Labute approximate surface area is 166 Å². The van der Waals surface area contributed by atoms with Crippen LogP contribution >= 0.6 is 0 Å². The lowest BCUT2D eigenvalue weighted by Gasteiger charge is -2.11. The second kappa shape index (κ2) is 8.83. The smallest absolute Gasteiger partial charge is 0.363 e. The number of aliphatic imine (C=N–C) groups is 1. The van der Waals surface area contributed by atoms with Gasteiger partial charge in [0.15, 0.2) is 17.2 Å². The van der Waals surface area contributed by atoms with Crippen molar-refractivity contribution in [2.45, 2.75) is 6.92 Å². The van der Waals surface area contributed by atoms with Crippen molar-refractivity contribution in [3.63, 3.8) is 0 Å². The average Bonchev–Trinajstić information content (AvgIpc) is 3.08. The predicted molar refractivity (Wildman–Crippen MR) is 107 cm³/mol. The molecule has 0 atom stereocenters. The molecule has 3 rings (SSSR count). The highest BCUT2D eigenvalue weighted by atomic mass is 16.6. The standard InChI is InChI=1S/C21H18N2O6/c1-3-10-28-18-9-8-14(12-19(18)27-4-2)11-17-21(24)29-20(22-17)15-6-5-7-16(13-15)23(25)26/h3,5-9,11-13H,1,4,10H2,2H3. The first-order valence-corrected chi connectivity index (χ1v) is 8.79. The van der Waals surface area contributed by atoms with Crippen molar-refractivity contribution in [2.24, 2.45) is 4.99 Å². The molecule has 0 saturated heterocycles. The number of nitro groups is 1. The number of rotatable bonds is 8. The summed E-state index contributed by atoms with van der Waals surface area (Å²) in [4.78, 5) is 26.8. The summed E-state index contributed by atoms with van der Waals surface area (Å²) in [5.74, 6) is 0.457. The van der Waals surface area contributed by atoms with Gasteiger partial charge in [-0.05, 0) is 36.8 Å². The van der Waals surface area contributed by atoms with Gasteiger partial charge in [0.2, 0.25) is 5.90 Å². The molecule has 0 spiro atoms. The van der Waals surface area contributed by atoms with Crippen LogP contribution < -0.4 is 9.47 Å². The van der Waals surface area contributed by atoms with E-state index in [1.807, 2.05) is 6.92 Å². The molecule has 8 nitrogen and oxygen atoms in total. The van der Waals surface area contributed by atoms with Gasteiger partial charge < -0.3 is 14.2 Å². The van der Waals surface area contributed by atoms with Gasteiger partial charge >= 0.3 is 5.97 Å². The molecular weight excluding hydrogens is 376 g/mol. The van der Waals surface area contributed by atoms with E-state index in [1.54, 1.807) is 36.4 Å². The third-order valence-corrected chi connectivity index (χ3v) is 3.85. The van der Waals surface area contributed by atoms with Crippen molar-refractivity contribution in [1.82, 2.24) is 0 Å². The van der Waals surface area contributed by atoms with Crippen molar-refractivity contribution < 1.29 is 23.9 Å². The minimum Gasteiger partial charge on any atom is -0.490 e. The lowest BCUT2D eigenvalue weighted by molar-refractivity contribution is -0.384. The molecule has 8 heteroatoms. The highest BCUT2D eigenvalue weighted by Gasteiger charge is 2.25. The van der Waals surface area contributed by atoms with E-state index in [0.29, 0.717) is 35.8 Å². The molecule has 0 saturated carbocycles. The Kier molecular flexibility index (Phi) is 6.03. The van der Waals surface area contributed by atoms with E-state index in [0.717, 1.165) is 0 Å². The van der Waals surface area contributed by atoms with Crippen molar-refractivity contribution in [2.75, 3.05) is 13.2 Å². The van der Waals surface area contributed by atoms with Crippen LogP contribution in [0.15, 0.2) is 65.8 Å². The maximum Gasteiger partial charge on any atom is 0.363 e. The quantitative estimate of drug-likeness (QED) is 0.221. The molecule has 0 unspecified atom stereocenters. The number of carbonyl (C=O) groups is 1. The Bertz CT molecular complexity index is 1030. The molecule has 0 radical (unpaired) electrons. The zero-order valence-corrected chi connectivity index (χ0v) is 15.7. The van der Waals surface area contributed by atoms with Crippen molar-refractivity contribution in [3.05, 3.63) is 82.1 Å². The fourth-order valence-electron chi connectivity index (χ4n) is 2.59. The number of esters is 1. The number of hydrogen-bond donors (Lipinski definition) is 0. The van der Waals surface area contributed by atoms with Crippen LogP contribution in [0.4, 0.5) is 5.69 Å². The van der Waals surface area contributed by atoms with E-state index in [4.69, 9.17) is 14.2 Å². The van der Waals surface area contributed by atoms with Gasteiger partial charge in [-0.1, -0.05) is 24.8 Å². The van der Waals surface area contributed by atoms with Crippen LogP contribution in [0.2, 0.25) is 0 Å². The number of nitro benzene ring substituents is 1. The minimum atomic E-state index is -0.642. The lowest BCUT2D eigenvalue weighted by atomic mass is 10.1. The number of benzene rings is 2. The fraction of sp³-hybridized carbons (Fsp3) is 0.143. The van der Waals surface area contributed by atoms with Gasteiger partial charge in [0.1, 0.15) is 6.61 Å².